The molecule has 0 fully saturated rings. The van der Waals surface area contributed by atoms with Gasteiger partial charge in [0.1, 0.15) is 0 Å². The summed E-state index contributed by atoms with van der Waals surface area (Å²) < 4.78 is 1.87. The lowest BCUT2D eigenvalue weighted by atomic mass is 10.2. The van der Waals surface area contributed by atoms with Gasteiger partial charge in [0.05, 0.1) is 5.69 Å². The zero-order chi connectivity index (χ0) is 9.26. The minimum Gasteiger partial charge on any atom is -0.369 e. The maximum atomic E-state index is 5.69. The molecule has 0 aliphatic rings. The topological polar surface area (TPSA) is 43.8 Å². The Morgan fingerprint density at radius 2 is 2.08 bits per heavy atom. The molecular formula is C10H11N3. The van der Waals surface area contributed by atoms with E-state index < -0.39 is 0 Å². The average Bonchev–Trinajstić information content (AvgIpc) is 2.52. The third kappa shape index (κ3) is 1.28. The van der Waals surface area contributed by atoms with Crippen LogP contribution in [-0.2, 0) is 0 Å². The van der Waals surface area contributed by atoms with E-state index in [9.17, 15) is 0 Å². The van der Waals surface area contributed by atoms with Gasteiger partial charge in [-0.1, -0.05) is 18.2 Å². The number of aryl methyl sites for hydroxylation is 1. The van der Waals surface area contributed by atoms with E-state index in [-0.39, 0.29) is 0 Å². The highest BCUT2D eigenvalue weighted by Gasteiger charge is 2.02. The summed E-state index contributed by atoms with van der Waals surface area (Å²) in [6, 6.07) is 8.07. The minimum absolute atomic E-state index is 0.523. The second-order valence-corrected chi connectivity index (χ2v) is 2.94. The van der Waals surface area contributed by atoms with Gasteiger partial charge in [0, 0.05) is 12.4 Å². The van der Waals surface area contributed by atoms with Crippen LogP contribution in [0.4, 0.5) is 5.95 Å². The Kier molecular flexibility index (Phi) is 1.77. The van der Waals surface area contributed by atoms with E-state index in [0.717, 1.165) is 5.69 Å². The molecule has 0 atom stereocenters. The highest BCUT2D eigenvalue weighted by atomic mass is 15.1. The summed E-state index contributed by atoms with van der Waals surface area (Å²) in [7, 11) is 0. The zero-order valence-corrected chi connectivity index (χ0v) is 7.44. The lowest BCUT2D eigenvalue weighted by molar-refractivity contribution is 1.06. The van der Waals surface area contributed by atoms with Crippen molar-refractivity contribution in [3.05, 3.63) is 42.2 Å². The van der Waals surface area contributed by atoms with E-state index in [1.165, 1.54) is 5.56 Å². The lowest BCUT2D eigenvalue weighted by Crippen LogP contribution is -2.00. The molecule has 1 heterocycles. The number of nitrogen functional groups attached to an aromatic ring is 1. The van der Waals surface area contributed by atoms with Crippen molar-refractivity contribution in [3.8, 4) is 5.69 Å². The third-order valence-corrected chi connectivity index (χ3v) is 2.04. The molecule has 2 N–H and O–H groups in total. The average molecular weight is 173 g/mol. The molecule has 2 rings (SSSR count). The van der Waals surface area contributed by atoms with Crippen LogP contribution in [0.5, 0.6) is 0 Å². The fourth-order valence-corrected chi connectivity index (χ4v) is 1.35. The van der Waals surface area contributed by atoms with E-state index in [4.69, 9.17) is 5.73 Å². The van der Waals surface area contributed by atoms with Crippen LogP contribution in [0.25, 0.3) is 5.69 Å². The number of nitrogens with two attached hydrogens (primary N) is 1. The molecule has 0 aliphatic carbocycles. The van der Waals surface area contributed by atoms with E-state index >= 15 is 0 Å². The summed E-state index contributed by atoms with van der Waals surface area (Å²) in [6.45, 7) is 2.05. The molecule has 0 amide bonds. The Morgan fingerprint density at radius 1 is 1.31 bits per heavy atom. The van der Waals surface area contributed by atoms with Gasteiger partial charge in [-0.25, -0.2) is 4.98 Å². The second-order valence-electron chi connectivity index (χ2n) is 2.94. The quantitative estimate of drug-likeness (QED) is 0.714. The molecule has 1 aromatic carbocycles. The molecule has 0 unspecified atom stereocenters. The monoisotopic (exact) mass is 173 g/mol. The Labute approximate surface area is 76.8 Å². The van der Waals surface area contributed by atoms with Gasteiger partial charge in [0.15, 0.2) is 0 Å². The zero-order valence-electron chi connectivity index (χ0n) is 7.44. The molecule has 0 spiro atoms. The van der Waals surface area contributed by atoms with E-state index in [2.05, 4.69) is 18.0 Å². The Balaban J connectivity index is 2.59. The van der Waals surface area contributed by atoms with Gasteiger partial charge < -0.3 is 5.73 Å². The number of rotatable bonds is 1. The number of hydrogen-bond acceptors (Lipinski definition) is 2. The van der Waals surface area contributed by atoms with Crippen molar-refractivity contribution in [2.45, 2.75) is 6.92 Å². The number of para-hydroxylation sites is 1. The molecule has 2 aromatic rings. The van der Waals surface area contributed by atoms with Crippen LogP contribution in [0, 0.1) is 6.92 Å². The SMILES string of the molecule is Cc1ccccc1-n1ccnc1N. The Morgan fingerprint density at radius 3 is 2.69 bits per heavy atom. The summed E-state index contributed by atoms with van der Waals surface area (Å²) in [5.41, 5.74) is 7.96. The predicted molar refractivity (Wildman–Crippen MR) is 52.7 cm³/mol. The highest BCUT2D eigenvalue weighted by Crippen LogP contribution is 2.15. The van der Waals surface area contributed by atoms with E-state index in [1.807, 2.05) is 29.0 Å². The van der Waals surface area contributed by atoms with Crippen LogP contribution in [0.15, 0.2) is 36.7 Å². The molecule has 3 nitrogen and oxygen atoms in total. The van der Waals surface area contributed by atoms with Gasteiger partial charge in [0.25, 0.3) is 0 Å². The maximum absolute atomic E-state index is 5.69. The van der Waals surface area contributed by atoms with Crippen LogP contribution < -0.4 is 5.73 Å². The van der Waals surface area contributed by atoms with Crippen LogP contribution in [-0.4, -0.2) is 9.55 Å². The van der Waals surface area contributed by atoms with Crippen LogP contribution >= 0.6 is 0 Å². The molecule has 0 saturated carbocycles. The van der Waals surface area contributed by atoms with Crippen LogP contribution in [0.1, 0.15) is 5.56 Å². The molecule has 13 heavy (non-hydrogen) atoms. The normalized spacial score (nSPS) is 10.2. The van der Waals surface area contributed by atoms with Crippen molar-refractivity contribution in [2.24, 2.45) is 0 Å². The molecule has 0 bridgehead atoms. The van der Waals surface area contributed by atoms with E-state index in [1.54, 1.807) is 6.20 Å². The van der Waals surface area contributed by atoms with E-state index in [0.29, 0.717) is 5.95 Å². The van der Waals surface area contributed by atoms with Gasteiger partial charge in [-0.3, -0.25) is 4.57 Å². The fraction of sp³-hybridized carbons (Fsp3) is 0.100. The highest BCUT2D eigenvalue weighted by molar-refractivity contribution is 5.44. The third-order valence-electron chi connectivity index (χ3n) is 2.04. The Bertz CT molecular complexity index is 418. The first kappa shape index (κ1) is 7.86. The van der Waals surface area contributed by atoms with Gasteiger partial charge >= 0.3 is 0 Å². The molecule has 0 aliphatic heterocycles. The molecular weight excluding hydrogens is 162 g/mol. The standard InChI is InChI=1S/C10H11N3/c1-8-4-2-3-5-9(8)13-7-6-12-10(13)11/h2-7H,1H3,(H2,11,12). The predicted octanol–water partition coefficient (Wildman–Crippen LogP) is 1.76. The van der Waals surface area contributed by atoms with Gasteiger partial charge in [-0.15, -0.1) is 0 Å². The molecule has 0 radical (unpaired) electrons. The summed E-state index contributed by atoms with van der Waals surface area (Å²) in [5, 5.41) is 0. The van der Waals surface area contributed by atoms with Crippen LogP contribution in [0.3, 0.4) is 0 Å². The number of benzene rings is 1. The second kappa shape index (κ2) is 2.94. The van der Waals surface area contributed by atoms with Crippen molar-refractivity contribution in [1.29, 1.82) is 0 Å². The molecule has 0 saturated heterocycles. The van der Waals surface area contributed by atoms with Gasteiger partial charge in [0.2, 0.25) is 5.95 Å². The summed E-state index contributed by atoms with van der Waals surface area (Å²) in [4.78, 5) is 3.97. The minimum atomic E-state index is 0.523. The van der Waals surface area contributed by atoms with Crippen molar-refractivity contribution >= 4 is 5.95 Å². The maximum Gasteiger partial charge on any atom is 0.204 e. The smallest absolute Gasteiger partial charge is 0.204 e. The molecule has 1 aromatic heterocycles. The van der Waals surface area contributed by atoms with Crippen molar-refractivity contribution < 1.29 is 0 Å². The largest absolute Gasteiger partial charge is 0.369 e. The number of nitrogens with zero attached hydrogens (tertiary/aromatic N) is 2. The first-order chi connectivity index (χ1) is 6.29. The van der Waals surface area contributed by atoms with Crippen molar-refractivity contribution in [3.63, 3.8) is 0 Å². The molecule has 66 valence electrons. The van der Waals surface area contributed by atoms with Gasteiger partial charge in [-0.2, -0.15) is 0 Å². The van der Waals surface area contributed by atoms with Crippen molar-refractivity contribution in [1.82, 2.24) is 9.55 Å². The fourth-order valence-electron chi connectivity index (χ4n) is 1.35. The first-order valence-corrected chi connectivity index (χ1v) is 4.14. The molecule has 3 heteroatoms. The van der Waals surface area contributed by atoms with Crippen LogP contribution in [0.2, 0.25) is 0 Å². The van der Waals surface area contributed by atoms with Crippen molar-refractivity contribution in [2.75, 3.05) is 5.73 Å². The number of anilines is 1. The van der Waals surface area contributed by atoms with Gasteiger partial charge in [-0.05, 0) is 18.6 Å². The number of aromatic nitrogens is 2. The lowest BCUT2D eigenvalue weighted by Gasteiger charge is -2.07. The summed E-state index contributed by atoms with van der Waals surface area (Å²) in [5.74, 6) is 0.523. The Hall–Kier alpha value is -1.77. The summed E-state index contributed by atoms with van der Waals surface area (Å²) >= 11 is 0. The summed E-state index contributed by atoms with van der Waals surface area (Å²) in [6.07, 6.45) is 3.56. The number of imidazole rings is 1. The first-order valence-electron chi connectivity index (χ1n) is 4.14. The number of hydrogen-bond donors (Lipinski definition) is 1.